The molecular weight excluding hydrogens is 230 g/mol. The van der Waals surface area contributed by atoms with E-state index in [0.29, 0.717) is 18.5 Å². The minimum atomic E-state index is -0.111. The summed E-state index contributed by atoms with van der Waals surface area (Å²) in [7, 11) is 0. The maximum atomic E-state index is 11.7. The fourth-order valence-corrected chi connectivity index (χ4v) is 2.10. The van der Waals surface area contributed by atoms with E-state index in [-0.39, 0.29) is 5.56 Å². The summed E-state index contributed by atoms with van der Waals surface area (Å²) in [4.78, 5) is 18.9. The van der Waals surface area contributed by atoms with Crippen molar-refractivity contribution in [3.63, 3.8) is 0 Å². The highest BCUT2D eigenvalue weighted by Gasteiger charge is 2.11. The summed E-state index contributed by atoms with van der Waals surface area (Å²) in [6, 6.07) is 5.81. The highest BCUT2D eigenvalue weighted by molar-refractivity contribution is 5.81. The van der Waals surface area contributed by atoms with Crippen molar-refractivity contribution in [3.05, 3.63) is 40.4 Å². The second-order valence-electron chi connectivity index (χ2n) is 4.11. The second kappa shape index (κ2) is 4.15. The molecule has 0 radical (unpaired) electrons. The van der Waals surface area contributed by atoms with Crippen LogP contribution in [0.3, 0.4) is 0 Å². The molecule has 3 aromatic rings. The van der Waals surface area contributed by atoms with E-state index < -0.39 is 0 Å². The monoisotopic (exact) mass is 243 g/mol. The number of aromatic amines is 3. The first-order valence-electron chi connectivity index (χ1n) is 5.72. The number of rotatable bonds is 3. The molecule has 0 spiro atoms. The number of aromatic nitrogens is 4. The molecule has 0 aliphatic heterocycles. The average molecular weight is 243 g/mol. The summed E-state index contributed by atoms with van der Waals surface area (Å²) in [5.41, 5.74) is 9.68. The fourth-order valence-electron chi connectivity index (χ4n) is 2.10. The predicted octanol–water partition coefficient (Wildman–Crippen LogP) is 0.747. The summed E-state index contributed by atoms with van der Waals surface area (Å²) in [6.45, 7) is 0.445. The SMILES string of the molecule is NCCc1c(-c2ccc3nc[nH]c3c2)[nH][nH]c1=O. The number of nitrogens with zero attached hydrogens (tertiary/aromatic N) is 1. The zero-order chi connectivity index (χ0) is 12.5. The second-order valence-corrected chi connectivity index (χ2v) is 4.11. The number of H-pyrrole nitrogens is 3. The molecule has 18 heavy (non-hydrogen) atoms. The molecule has 2 heterocycles. The first-order chi connectivity index (χ1) is 8.79. The topological polar surface area (TPSA) is 103 Å². The smallest absolute Gasteiger partial charge is 0.267 e. The lowest BCUT2D eigenvalue weighted by Crippen LogP contribution is -2.12. The van der Waals surface area contributed by atoms with Crippen molar-refractivity contribution in [1.29, 1.82) is 0 Å². The number of imidazole rings is 1. The summed E-state index contributed by atoms with van der Waals surface area (Å²) >= 11 is 0. The number of hydrogen-bond donors (Lipinski definition) is 4. The lowest BCUT2D eigenvalue weighted by atomic mass is 10.1. The number of nitrogens with two attached hydrogens (primary N) is 1. The van der Waals surface area contributed by atoms with Crippen LogP contribution in [0.1, 0.15) is 5.56 Å². The largest absolute Gasteiger partial charge is 0.345 e. The molecule has 0 aliphatic rings. The van der Waals surface area contributed by atoms with E-state index in [1.54, 1.807) is 6.33 Å². The van der Waals surface area contributed by atoms with Gasteiger partial charge in [0.1, 0.15) is 0 Å². The minimum absolute atomic E-state index is 0.111. The Morgan fingerprint density at radius 2 is 2.17 bits per heavy atom. The Kier molecular flexibility index (Phi) is 2.49. The molecule has 0 aliphatic carbocycles. The molecule has 2 aromatic heterocycles. The quantitative estimate of drug-likeness (QED) is 0.545. The summed E-state index contributed by atoms with van der Waals surface area (Å²) in [6.07, 6.45) is 2.20. The van der Waals surface area contributed by atoms with Crippen LogP contribution in [0.25, 0.3) is 22.3 Å². The van der Waals surface area contributed by atoms with Crippen LogP contribution < -0.4 is 11.3 Å². The number of benzene rings is 1. The van der Waals surface area contributed by atoms with Crippen LogP contribution in [-0.4, -0.2) is 26.7 Å². The van der Waals surface area contributed by atoms with Gasteiger partial charge in [-0.2, -0.15) is 0 Å². The Labute approximate surface area is 102 Å². The lowest BCUT2D eigenvalue weighted by Gasteiger charge is -2.01. The van der Waals surface area contributed by atoms with Crippen molar-refractivity contribution in [3.8, 4) is 11.3 Å². The van der Waals surface area contributed by atoms with Gasteiger partial charge in [0.15, 0.2) is 0 Å². The van der Waals surface area contributed by atoms with Crippen LogP contribution in [0.5, 0.6) is 0 Å². The predicted molar refractivity (Wildman–Crippen MR) is 69.3 cm³/mol. The van der Waals surface area contributed by atoms with Gasteiger partial charge in [-0.05, 0) is 25.1 Å². The Bertz CT molecular complexity index is 736. The molecule has 1 aromatic carbocycles. The van der Waals surface area contributed by atoms with Crippen molar-refractivity contribution in [2.45, 2.75) is 6.42 Å². The van der Waals surface area contributed by atoms with E-state index in [1.165, 1.54) is 0 Å². The van der Waals surface area contributed by atoms with Gasteiger partial charge in [-0.3, -0.25) is 15.0 Å². The number of nitrogens with one attached hydrogen (secondary N) is 3. The van der Waals surface area contributed by atoms with Gasteiger partial charge in [0.05, 0.1) is 23.1 Å². The van der Waals surface area contributed by atoms with E-state index >= 15 is 0 Å². The van der Waals surface area contributed by atoms with Crippen LogP contribution in [0, 0.1) is 0 Å². The molecule has 0 bridgehead atoms. The van der Waals surface area contributed by atoms with E-state index in [9.17, 15) is 4.79 Å². The molecule has 6 nitrogen and oxygen atoms in total. The van der Waals surface area contributed by atoms with Crippen molar-refractivity contribution in [2.24, 2.45) is 5.73 Å². The summed E-state index contributed by atoms with van der Waals surface area (Å²) < 4.78 is 0. The van der Waals surface area contributed by atoms with Gasteiger partial charge in [0.2, 0.25) is 0 Å². The maximum Gasteiger partial charge on any atom is 0.267 e. The van der Waals surface area contributed by atoms with E-state index in [1.807, 2.05) is 18.2 Å². The first kappa shape index (κ1) is 10.8. The number of fused-ring (bicyclic) bond motifs is 1. The normalized spacial score (nSPS) is 11.2. The van der Waals surface area contributed by atoms with Crippen LogP contribution in [0.2, 0.25) is 0 Å². The molecular formula is C12H13N5O. The van der Waals surface area contributed by atoms with Crippen LogP contribution in [-0.2, 0) is 6.42 Å². The van der Waals surface area contributed by atoms with Gasteiger partial charge in [-0.25, -0.2) is 4.98 Å². The zero-order valence-electron chi connectivity index (χ0n) is 9.66. The van der Waals surface area contributed by atoms with E-state index in [2.05, 4.69) is 20.2 Å². The van der Waals surface area contributed by atoms with Gasteiger partial charge in [0.25, 0.3) is 5.56 Å². The maximum absolute atomic E-state index is 11.7. The van der Waals surface area contributed by atoms with Crippen molar-refractivity contribution >= 4 is 11.0 Å². The Morgan fingerprint density at radius 3 is 3.00 bits per heavy atom. The van der Waals surface area contributed by atoms with Gasteiger partial charge >= 0.3 is 0 Å². The average Bonchev–Trinajstić information content (AvgIpc) is 2.97. The van der Waals surface area contributed by atoms with E-state index in [4.69, 9.17) is 5.73 Å². The third-order valence-corrected chi connectivity index (χ3v) is 2.98. The van der Waals surface area contributed by atoms with Crippen molar-refractivity contribution in [2.75, 3.05) is 6.54 Å². The Hall–Kier alpha value is -2.34. The highest BCUT2D eigenvalue weighted by atomic mass is 16.1. The molecule has 0 amide bonds. The minimum Gasteiger partial charge on any atom is -0.345 e. The number of hydrogen-bond acceptors (Lipinski definition) is 3. The zero-order valence-corrected chi connectivity index (χ0v) is 9.66. The van der Waals surface area contributed by atoms with Crippen molar-refractivity contribution in [1.82, 2.24) is 20.2 Å². The standard InChI is InChI=1S/C12H13N5O/c13-4-3-8-11(16-17-12(8)18)7-1-2-9-10(5-7)15-6-14-9/h1-2,5-6H,3-4,13H2,(H,14,15)(H2,16,17,18). The Balaban J connectivity index is 2.16. The van der Waals surface area contributed by atoms with Crippen LogP contribution in [0.4, 0.5) is 0 Å². The molecule has 92 valence electrons. The fraction of sp³-hybridized carbons (Fsp3) is 0.167. The van der Waals surface area contributed by atoms with Gasteiger partial charge in [0, 0.05) is 11.1 Å². The van der Waals surface area contributed by atoms with Crippen molar-refractivity contribution < 1.29 is 0 Å². The van der Waals surface area contributed by atoms with Crippen LogP contribution in [0.15, 0.2) is 29.3 Å². The highest BCUT2D eigenvalue weighted by Crippen LogP contribution is 2.22. The van der Waals surface area contributed by atoms with E-state index in [0.717, 1.165) is 22.3 Å². The molecule has 5 N–H and O–H groups in total. The first-order valence-corrected chi connectivity index (χ1v) is 5.72. The third-order valence-electron chi connectivity index (χ3n) is 2.98. The molecule has 0 atom stereocenters. The third kappa shape index (κ3) is 1.63. The Morgan fingerprint density at radius 1 is 1.28 bits per heavy atom. The lowest BCUT2D eigenvalue weighted by molar-refractivity contribution is 0.960. The molecule has 0 fully saturated rings. The van der Waals surface area contributed by atoms with Gasteiger partial charge in [-0.15, -0.1) is 0 Å². The summed E-state index contributed by atoms with van der Waals surface area (Å²) in [5, 5.41) is 5.51. The molecule has 0 saturated carbocycles. The van der Waals surface area contributed by atoms with Crippen LogP contribution >= 0.6 is 0 Å². The molecule has 0 saturated heterocycles. The molecule has 3 rings (SSSR count). The molecule has 6 heteroatoms. The molecule has 0 unspecified atom stereocenters. The van der Waals surface area contributed by atoms with Gasteiger partial charge in [-0.1, -0.05) is 6.07 Å². The van der Waals surface area contributed by atoms with Gasteiger partial charge < -0.3 is 10.7 Å². The summed E-state index contributed by atoms with van der Waals surface area (Å²) in [5.74, 6) is 0.